The van der Waals surface area contributed by atoms with Crippen molar-refractivity contribution < 1.29 is 0 Å². The number of hydrogen-bond donors (Lipinski definition) is 1. The Bertz CT molecular complexity index is 229. The highest BCUT2D eigenvalue weighted by atomic mass is 15.2. The van der Waals surface area contributed by atoms with Crippen LogP contribution in [-0.4, -0.2) is 36.6 Å². The van der Waals surface area contributed by atoms with Gasteiger partial charge in [-0.25, -0.2) is 0 Å². The van der Waals surface area contributed by atoms with Gasteiger partial charge in [0.2, 0.25) is 0 Å². The van der Waals surface area contributed by atoms with Crippen molar-refractivity contribution in [3.8, 4) is 6.07 Å². The summed E-state index contributed by atoms with van der Waals surface area (Å²) in [5.41, 5.74) is -0.106. The van der Waals surface area contributed by atoms with Crippen LogP contribution in [0, 0.1) is 17.2 Å². The zero-order valence-electron chi connectivity index (χ0n) is 8.92. The smallest absolute Gasteiger partial charge is 0.109 e. The molecule has 0 radical (unpaired) electrons. The number of nitrogens with zero attached hydrogens (tertiary/aromatic N) is 2. The predicted molar refractivity (Wildman–Crippen MR) is 55.8 cm³/mol. The first-order valence-electron chi connectivity index (χ1n) is 5.64. The van der Waals surface area contributed by atoms with Gasteiger partial charge in [0, 0.05) is 19.6 Å². The third kappa shape index (κ3) is 1.65. The van der Waals surface area contributed by atoms with Crippen LogP contribution >= 0.6 is 0 Å². The largest absolute Gasteiger partial charge is 0.315 e. The van der Waals surface area contributed by atoms with E-state index in [1.165, 1.54) is 6.42 Å². The average Bonchev–Trinajstić information content (AvgIpc) is 2.40. The minimum absolute atomic E-state index is 0.106. The second-order valence-electron chi connectivity index (χ2n) is 4.75. The van der Waals surface area contributed by atoms with Crippen LogP contribution in [0.25, 0.3) is 0 Å². The lowest BCUT2D eigenvalue weighted by molar-refractivity contribution is 0.0314. The zero-order chi connectivity index (χ0) is 10.0. The Morgan fingerprint density at radius 1 is 1.36 bits per heavy atom. The third-order valence-corrected chi connectivity index (χ3v) is 3.53. The minimum Gasteiger partial charge on any atom is -0.315 e. The van der Waals surface area contributed by atoms with Gasteiger partial charge >= 0.3 is 0 Å². The van der Waals surface area contributed by atoms with Crippen LogP contribution in [0.4, 0.5) is 0 Å². The first-order valence-corrected chi connectivity index (χ1v) is 5.64. The van der Waals surface area contributed by atoms with Gasteiger partial charge in [0.1, 0.15) is 5.54 Å². The maximum Gasteiger partial charge on any atom is 0.109 e. The summed E-state index contributed by atoms with van der Waals surface area (Å²) >= 11 is 0. The number of hydrogen-bond acceptors (Lipinski definition) is 3. The maximum absolute atomic E-state index is 9.29. The third-order valence-electron chi connectivity index (χ3n) is 3.53. The molecule has 1 aliphatic carbocycles. The van der Waals surface area contributed by atoms with Crippen LogP contribution in [0.5, 0.6) is 0 Å². The number of nitrogens with one attached hydrogen (secondary N) is 1. The fraction of sp³-hybridized carbons (Fsp3) is 0.909. The molecule has 78 valence electrons. The summed E-state index contributed by atoms with van der Waals surface area (Å²) in [6, 6.07) is 2.54. The first kappa shape index (κ1) is 9.95. The first-order chi connectivity index (χ1) is 6.77. The number of nitriles is 1. The molecule has 2 aliphatic rings. The maximum atomic E-state index is 9.29. The second-order valence-corrected chi connectivity index (χ2v) is 4.75. The van der Waals surface area contributed by atoms with E-state index in [9.17, 15) is 5.26 Å². The van der Waals surface area contributed by atoms with Crippen LogP contribution < -0.4 is 5.32 Å². The van der Waals surface area contributed by atoms with Crippen molar-refractivity contribution in [2.75, 3.05) is 26.2 Å². The molecule has 14 heavy (non-hydrogen) atoms. The highest BCUT2D eigenvalue weighted by Gasteiger charge is 2.46. The lowest BCUT2D eigenvalue weighted by Crippen LogP contribution is -2.56. The SMILES string of the molecule is CC1CC(C#N)(N2CCCNCC2)C1. The predicted octanol–water partition coefficient (Wildman–Crippen LogP) is 0.974. The zero-order valence-corrected chi connectivity index (χ0v) is 8.92. The van der Waals surface area contributed by atoms with E-state index in [1.54, 1.807) is 0 Å². The normalized spacial score (nSPS) is 39.6. The molecule has 0 spiro atoms. The molecule has 1 N–H and O–H groups in total. The van der Waals surface area contributed by atoms with Crippen molar-refractivity contribution in [1.29, 1.82) is 5.26 Å². The van der Waals surface area contributed by atoms with Crippen molar-refractivity contribution in [2.24, 2.45) is 5.92 Å². The molecule has 0 aromatic carbocycles. The van der Waals surface area contributed by atoms with E-state index in [1.807, 2.05) is 0 Å². The molecule has 0 atom stereocenters. The highest BCUT2D eigenvalue weighted by Crippen LogP contribution is 2.41. The summed E-state index contributed by atoms with van der Waals surface area (Å²) in [4.78, 5) is 2.40. The summed E-state index contributed by atoms with van der Waals surface area (Å²) in [6.45, 7) is 6.52. The van der Waals surface area contributed by atoms with Crippen LogP contribution in [-0.2, 0) is 0 Å². The Morgan fingerprint density at radius 3 is 2.79 bits per heavy atom. The minimum atomic E-state index is -0.106. The molecule has 1 heterocycles. The molecule has 1 saturated carbocycles. The summed E-state index contributed by atoms with van der Waals surface area (Å²) in [6.07, 6.45) is 3.32. The Hall–Kier alpha value is -0.590. The van der Waals surface area contributed by atoms with Gasteiger partial charge in [-0.05, 0) is 31.7 Å². The molecule has 0 amide bonds. The molecule has 2 rings (SSSR count). The standard InChI is InChI=1S/C11H19N3/c1-10-7-11(8-10,9-12)14-5-2-3-13-4-6-14/h10,13H,2-8H2,1H3. The summed E-state index contributed by atoms with van der Waals surface area (Å²) < 4.78 is 0. The van der Waals surface area contributed by atoms with Gasteiger partial charge < -0.3 is 5.32 Å². The van der Waals surface area contributed by atoms with Gasteiger partial charge in [-0.3, -0.25) is 4.90 Å². The Balaban J connectivity index is 2.01. The fourth-order valence-electron chi connectivity index (χ4n) is 2.79. The van der Waals surface area contributed by atoms with E-state index in [0.717, 1.165) is 44.9 Å². The highest BCUT2D eigenvalue weighted by molar-refractivity contribution is 5.16. The Labute approximate surface area is 86.1 Å². The van der Waals surface area contributed by atoms with Gasteiger partial charge in [0.05, 0.1) is 6.07 Å². The van der Waals surface area contributed by atoms with E-state index < -0.39 is 0 Å². The van der Waals surface area contributed by atoms with Crippen molar-refractivity contribution >= 4 is 0 Å². The lowest BCUT2D eigenvalue weighted by atomic mass is 9.69. The van der Waals surface area contributed by atoms with Gasteiger partial charge in [0.15, 0.2) is 0 Å². The van der Waals surface area contributed by atoms with Gasteiger partial charge in [-0.1, -0.05) is 6.92 Å². The van der Waals surface area contributed by atoms with Gasteiger partial charge in [-0.2, -0.15) is 5.26 Å². The summed E-state index contributed by atoms with van der Waals surface area (Å²) in [7, 11) is 0. The molecule has 0 unspecified atom stereocenters. The molecule has 2 fully saturated rings. The molecule has 3 nitrogen and oxygen atoms in total. The van der Waals surface area contributed by atoms with Crippen LogP contribution in [0.3, 0.4) is 0 Å². The monoisotopic (exact) mass is 193 g/mol. The topological polar surface area (TPSA) is 39.1 Å². The van der Waals surface area contributed by atoms with Crippen LogP contribution in [0.2, 0.25) is 0 Å². The molecule has 1 aliphatic heterocycles. The van der Waals surface area contributed by atoms with E-state index in [0.29, 0.717) is 0 Å². The van der Waals surface area contributed by atoms with Crippen molar-refractivity contribution in [2.45, 2.75) is 31.7 Å². The quantitative estimate of drug-likeness (QED) is 0.674. The Kier molecular flexibility index (Phi) is 2.76. The molecule has 3 heteroatoms. The van der Waals surface area contributed by atoms with E-state index in [-0.39, 0.29) is 5.54 Å². The van der Waals surface area contributed by atoms with E-state index >= 15 is 0 Å². The molecular formula is C11H19N3. The van der Waals surface area contributed by atoms with Crippen LogP contribution in [0.1, 0.15) is 26.2 Å². The molecular weight excluding hydrogens is 174 g/mol. The fourth-order valence-corrected chi connectivity index (χ4v) is 2.79. The average molecular weight is 193 g/mol. The molecule has 0 aromatic heterocycles. The van der Waals surface area contributed by atoms with Crippen molar-refractivity contribution in [3.63, 3.8) is 0 Å². The second kappa shape index (κ2) is 3.88. The van der Waals surface area contributed by atoms with Crippen molar-refractivity contribution in [3.05, 3.63) is 0 Å². The number of rotatable bonds is 1. The van der Waals surface area contributed by atoms with E-state index in [4.69, 9.17) is 0 Å². The molecule has 1 saturated heterocycles. The van der Waals surface area contributed by atoms with Crippen molar-refractivity contribution in [1.82, 2.24) is 10.2 Å². The lowest BCUT2D eigenvalue weighted by Gasteiger charge is -2.48. The van der Waals surface area contributed by atoms with Gasteiger partial charge in [0.25, 0.3) is 0 Å². The van der Waals surface area contributed by atoms with Gasteiger partial charge in [-0.15, -0.1) is 0 Å². The Morgan fingerprint density at radius 2 is 2.14 bits per heavy atom. The summed E-state index contributed by atoms with van der Waals surface area (Å²) in [5, 5.41) is 12.7. The molecule has 0 aromatic rings. The van der Waals surface area contributed by atoms with E-state index in [2.05, 4.69) is 23.2 Å². The molecule has 0 bridgehead atoms. The summed E-state index contributed by atoms with van der Waals surface area (Å²) in [5.74, 6) is 0.742. The van der Waals surface area contributed by atoms with Crippen LogP contribution in [0.15, 0.2) is 0 Å².